The maximum Gasteiger partial charge on any atom is 0.338 e. The number of anilines is 1. The van der Waals surface area contributed by atoms with E-state index in [1.54, 1.807) is 18.2 Å². The van der Waals surface area contributed by atoms with E-state index in [4.69, 9.17) is 14.8 Å². The van der Waals surface area contributed by atoms with Crippen molar-refractivity contribution >= 4 is 33.5 Å². The van der Waals surface area contributed by atoms with Gasteiger partial charge in [0.25, 0.3) is 5.91 Å². The highest BCUT2D eigenvalue weighted by atomic mass is 79.9. The summed E-state index contributed by atoms with van der Waals surface area (Å²) in [5, 5.41) is 20.2. The molecule has 0 fully saturated rings. The zero-order chi connectivity index (χ0) is 14.7. The van der Waals surface area contributed by atoms with E-state index in [0.717, 1.165) is 12.3 Å². The van der Waals surface area contributed by atoms with Crippen molar-refractivity contribution in [2.75, 3.05) is 5.32 Å². The number of carbonyl (C=O) groups excluding carboxylic acids is 1. The minimum atomic E-state index is -1.19. The van der Waals surface area contributed by atoms with Crippen LogP contribution in [0.2, 0.25) is 0 Å². The molecule has 0 unspecified atom stereocenters. The molecule has 2 rings (SSSR count). The Morgan fingerprint density at radius 2 is 2.10 bits per heavy atom. The molecule has 0 spiro atoms. The summed E-state index contributed by atoms with van der Waals surface area (Å²) in [6.45, 7) is 0. The van der Waals surface area contributed by atoms with Crippen LogP contribution in [0, 0.1) is 11.3 Å². The van der Waals surface area contributed by atoms with Gasteiger partial charge in [-0.15, -0.1) is 0 Å². The van der Waals surface area contributed by atoms with Gasteiger partial charge in [-0.05, 0) is 18.2 Å². The zero-order valence-electron chi connectivity index (χ0n) is 9.88. The van der Waals surface area contributed by atoms with Crippen molar-refractivity contribution in [3.05, 3.63) is 51.9 Å². The van der Waals surface area contributed by atoms with Crippen molar-refractivity contribution in [2.45, 2.75) is 0 Å². The Bertz CT molecular complexity index is 730. The van der Waals surface area contributed by atoms with Crippen molar-refractivity contribution in [3.63, 3.8) is 0 Å². The molecule has 0 aliphatic rings. The first-order chi connectivity index (χ1) is 9.51. The molecule has 1 heterocycles. The number of halogens is 1. The number of rotatable bonds is 3. The number of benzene rings is 1. The number of nitrogens with zero attached hydrogens (tertiary/aromatic N) is 1. The highest BCUT2D eigenvalue weighted by Crippen LogP contribution is 2.21. The second kappa shape index (κ2) is 5.59. The van der Waals surface area contributed by atoms with Gasteiger partial charge in [0.2, 0.25) is 0 Å². The average molecular weight is 335 g/mol. The number of nitrogens with one attached hydrogen (secondary N) is 1. The average Bonchev–Trinajstić information content (AvgIpc) is 2.90. The molecule has 0 aliphatic heterocycles. The Morgan fingerprint density at radius 3 is 2.70 bits per heavy atom. The molecule has 100 valence electrons. The summed E-state index contributed by atoms with van der Waals surface area (Å²) in [4.78, 5) is 22.6. The fourth-order valence-corrected chi connectivity index (χ4v) is 1.83. The van der Waals surface area contributed by atoms with E-state index in [1.807, 2.05) is 6.07 Å². The summed E-state index contributed by atoms with van der Waals surface area (Å²) in [6.07, 6.45) is 0.976. The van der Waals surface area contributed by atoms with Gasteiger partial charge in [0.05, 0.1) is 16.8 Å². The van der Waals surface area contributed by atoms with Crippen molar-refractivity contribution < 1.29 is 19.1 Å². The van der Waals surface area contributed by atoms with Crippen molar-refractivity contribution in [1.82, 2.24) is 0 Å². The van der Waals surface area contributed by atoms with Gasteiger partial charge < -0.3 is 14.8 Å². The summed E-state index contributed by atoms with van der Waals surface area (Å²) < 4.78 is 5.58. The number of furan rings is 1. The van der Waals surface area contributed by atoms with Crippen molar-refractivity contribution in [3.8, 4) is 6.07 Å². The number of carboxylic acid groups (broad SMARTS) is 1. The van der Waals surface area contributed by atoms with Crippen LogP contribution < -0.4 is 5.32 Å². The lowest BCUT2D eigenvalue weighted by Gasteiger charge is -2.05. The number of aromatic carboxylic acids is 1. The second-order valence-electron chi connectivity index (χ2n) is 3.76. The molecule has 1 amide bonds. The molecule has 1 aromatic heterocycles. The first kappa shape index (κ1) is 13.8. The molecular formula is C13H7BrN2O4. The molecule has 0 saturated heterocycles. The Balaban J connectivity index is 2.23. The summed E-state index contributed by atoms with van der Waals surface area (Å²) in [5.74, 6) is -1.96. The molecule has 6 nitrogen and oxygen atoms in total. The monoisotopic (exact) mass is 334 g/mol. The standard InChI is InChI=1S/C13H7BrN2O4/c14-9-1-2-10(7(3-9)5-15)16-12(17)11-4-8(6-20-11)13(18)19/h1-4,6H,(H,16,17)(H,18,19). The highest BCUT2D eigenvalue weighted by Gasteiger charge is 2.16. The molecule has 0 aliphatic carbocycles. The van der Waals surface area contributed by atoms with E-state index in [0.29, 0.717) is 10.2 Å². The lowest BCUT2D eigenvalue weighted by Crippen LogP contribution is -2.12. The van der Waals surface area contributed by atoms with E-state index in [-0.39, 0.29) is 16.9 Å². The molecule has 2 N–H and O–H groups in total. The van der Waals surface area contributed by atoms with E-state index >= 15 is 0 Å². The van der Waals surface area contributed by atoms with Crippen LogP contribution in [0.4, 0.5) is 5.69 Å². The van der Waals surface area contributed by atoms with Crippen molar-refractivity contribution in [1.29, 1.82) is 5.26 Å². The highest BCUT2D eigenvalue weighted by molar-refractivity contribution is 9.10. The number of carbonyl (C=O) groups is 2. The minimum Gasteiger partial charge on any atom is -0.478 e. The molecule has 7 heteroatoms. The predicted molar refractivity (Wildman–Crippen MR) is 72.5 cm³/mol. The van der Waals surface area contributed by atoms with Gasteiger partial charge in [0.1, 0.15) is 12.3 Å². The van der Waals surface area contributed by atoms with Gasteiger partial charge in [0.15, 0.2) is 5.76 Å². The molecule has 0 radical (unpaired) electrons. The van der Waals surface area contributed by atoms with Crippen LogP contribution in [-0.2, 0) is 0 Å². The number of amides is 1. The first-order valence-electron chi connectivity index (χ1n) is 5.34. The Kier molecular flexibility index (Phi) is 3.86. The summed E-state index contributed by atoms with van der Waals surface area (Å²) >= 11 is 3.22. The Morgan fingerprint density at radius 1 is 1.35 bits per heavy atom. The van der Waals surface area contributed by atoms with Gasteiger partial charge in [0, 0.05) is 10.5 Å². The maximum atomic E-state index is 11.9. The minimum absolute atomic E-state index is 0.119. The summed E-state index contributed by atoms with van der Waals surface area (Å²) in [5.41, 5.74) is 0.471. The first-order valence-corrected chi connectivity index (χ1v) is 6.13. The van der Waals surface area contributed by atoms with Crippen LogP contribution in [0.25, 0.3) is 0 Å². The number of hydrogen-bond donors (Lipinski definition) is 2. The molecule has 20 heavy (non-hydrogen) atoms. The van der Waals surface area contributed by atoms with Gasteiger partial charge in [-0.1, -0.05) is 15.9 Å². The molecule has 2 aromatic rings. The quantitative estimate of drug-likeness (QED) is 0.898. The largest absolute Gasteiger partial charge is 0.478 e. The molecule has 0 saturated carbocycles. The lowest BCUT2D eigenvalue weighted by molar-refractivity contribution is 0.0696. The van der Waals surface area contributed by atoms with Crippen molar-refractivity contribution in [2.24, 2.45) is 0 Å². The summed E-state index contributed by atoms with van der Waals surface area (Å²) in [6, 6.07) is 7.84. The van der Waals surface area contributed by atoms with E-state index in [2.05, 4.69) is 21.2 Å². The van der Waals surface area contributed by atoms with Crippen LogP contribution in [0.3, 0.4) is 0 Å². The van der Waals surface area contributed by atoms with Crippen LogP contribution in [0.5, 0.6) is 0 Å². The zero-order valence-corrected chi connectivity index (χ0v) is 11.5. The Labute approximate surface area is 121 Å². The van der Waals surface area contributed by atoms with Gasteiger partial charge in [-0.25, -0.2) is 4.79 Å². The van der Waals surface area contributed by atoms with Gasteiger partial charge in [-0.3, -0.25) is 4.79 Å². The fraction of sp³-hybridized carbons (Fsp3) is 0. The number of carboxylic acids is 1. The Hall–Kier alpha value is -2.59. The number of nitriles is 1. The molecule has 0 atom stereocenters. The van der Waals surface area contributed by atoms with Gasteiger partial charge in [-0.2, -0.15) is 5.26 Å². The third kappa shape index (κ3) is 2.87. The second-order valence-corrected chi connectivity index (χ2v) is 4.68. The smallest absolute Gasteiger partial charge is 0.338 e. The van der Waals surface area contributed by atoms with Crippen LogP contribution >= 0.6 is 15.9 Å². The topological polar surface area (TPSA) is 103 Å². The van der Waals surface area contributed by atoms with Crippen LogP contribution in [0.1, 0.15) is 26.5 Å². The molecule has 1 aromatic carbocycles. The molecule has 0 bridgehead atoms. The normalized spacial score (nSPS) is 9.80. The SMILES string of the molecule is N#Cc1cc(Br)ccc1NC(=O)c1cc(C(=O)O)co1. The van der Waals surface area contributed by atoms with E-state index in [9.17, 15) is 9.59 Å². The third-order valence-corrected chi connectivity index (χ3v) is 2.91. The predicted octanol–water partition coefficient (Wildman–Crippen LogP) is 2.86. The van der Waals surface area contributed by atoms with Crippen LogP contribution in [-0.4, -0.2) is 17.0 Å². The van der Waals surface area contributed by atoms with E-state index in [1.165, 1.54) is 0 Å². The van der Waals surface area contributed by atoms with Crippen LogP contribution in [0.15, 0.2) is 39.4 Å². The van der Waals surface area contributed by atoms with E-state index < -0.39 is 11.9 Å². The maximum absolute atomic E-state index is 11.9. The van der Waals surface area contributed by atoms with Gasteiger partial charge >= 0.3 is 5.97 Å². The lowest BCUT2D eigenvalue weighted by atomic mass is 10.2. The summed E-state index contributed by atoms with van der Waals surface area (Å²) in [7, 11) is 0. The third-order valence-electron chi connectivity index (χ3n) is 2.42. The number of hydrogen-bond acceptors (Lipinski definition) is 4. The fourth-order valence-electron chi connectivity index (χ4n) is 1.47. The molecular weight excluding hydrogens is 328 g/mol.